The zero-order valence-electron chi connectivity index (χ0n) is 17.4. The van der Waals surface area contributed by atoms with Crippen LogP contribution in [0.4, 0.5) is 5.69 Å². The standard InChI is InChI=1S/C23H19N5O4S/c1-14(23(30)31)32-16-12-10-15(11-13-16)22(29)24-18-7-3-5-9-20(18)33-19-8-4-2-6-17(19)21-25-27-28-26-21/h2-14H,1H3,(H,24,29)(H,30,31)(H,25,26,27,28). The van der Waals surface area contributed by atoms with Crippen LogP contribution in [0.2, 0.25) is 0 Å². The highest BCUT2D eigenvalue weighted by atomic mass is 32.2. The number of carboxylic acid groups (broad SMARTS) is 1. The summed E-state index contributed by atoms with van der Waals surface area (Å²) in [5.41, 5.74) is 1.91. The molecule has 9 nitrogen and oxygen atoms in total. The highest BCUT2D eigenvalue weighted by Crippen LogP contribution is 2.38. The third-order valence-corrected chi connectivity index (χ3v) is 5.77. The summed E-state index contributed by atoms with van der Waals surface area (Å²) in [6.07, 6.45) is -0.982. The number of carbonyl (C=O) groups is 2. The van der Waals surface area contributed by atoms with Crippen LogP contribution in [0.3, 0.4) is 0 Å². The number of rotatable bonds is 8. The molecule has 10 heteroatoms. The second-order valence-electron chi connectivity index (χ2n) is 6.92. The number of H-pyrrole nitrogens is 1. The molecule has 1 unspecified atom stereocenters. The maximum absolute atomic E-state index is 12.8. The highest BCUT2D eigenvalue weighted by Gasteiger charge is 2.15. The van der Waals surface area contributed by atoms with Crippen LogP contribution in [0.25, 0.3) is 11.4 Å². The number of nitrogens with zero attached hydrogens (tertiary/aromatic N) is 3. The van der Waals surface area contributed by atoms with Crippen molar-refractivity contribution in [3.63, 3.8) is 0 Å². The van der Waals surface area contributed by atoms with E-state index in [1.807, 2.05) is 48.5 Å². The van der Waals surface area contributed by atoms with Crippen molar-refractivity contribution in [1.29, 1.82) is 0 Å². The lowest BCUT2D eigenvalue weighted by Crippen LogP contribution is -2.22. The van der Waals surface area contributed by atoms with Crippen molar-refractivity contribution in [2.24, 2.45) is 0 Å². The fraction of sp³-hybridized carbons (Fsp3) is 0.0870. The molecule has 33 heavy (non-hydrogen) atoms. The van der Waals surface area contributed by atoms with Crippen LogP contribution in [0.1, 0.15) is 17.3 Å². The normalized spacial score (nSPS) is 11.5. The Morgan fingerprint density at radius 1 is 1.00 bits per heavy atom. The molecule has 0 radical (unpaired) electrons. The van der Waals surface area contributed by atoms with E-state index in [0.717, 1.165) is 15.4 Å². The van der Waals surface area contributed by atoms with Gasteiger partial charge in [0.15, 0.2) is 11.9 Å². The summed E-state index contributed by atoms with van der Waals surface area (Å²) in [7, 11) is 0. The van der Waals surface area contributed by atoms with E-state index in [1.165, 1.54) is 18.7 Å². The van der Waals surface area contributed by atoms with Gasteiger partial charge in [0.05, 0.1) is 5.69 Å². The first-order valence-electron chi connectivity index (χ1n) is 9.92. The average Bonchev–Trinajstić information content (AvgIpc) is 3.36. The Hall–Kier alpha value is -4.18. The summed E-state index contributed by atoms with van der Waals surface area (Å²) >= 11 is 1.48. The van der Waals surface area contributed by atoms with Gasteiger partial charge in [-0.3, -0.25) is 4.79 Å². The summed E-state index contributed by atoms with van der Waals surface area (Å²) in [5.74, 6) is -0.435. The number of benzene rings is 3. The minimum Gasteiger partial charge on any atom is -0.479 e. The summed E-state index contributed by atoms with van der Waals surface area (Å²) < 4.78 is 5.30. The molecule has 4 aromatic rings. The fourth-order valence-corrected chi connectivity index (χ4v) is 3.97. The van der Waals surface area contributed by atoms with Crippen molar-refractivity contribution >= 4 is 29.3 Å². The number of carbonyl (C=O) groups excluding carboxylic acids is 1. The number of hydrogen-bond donors (Lipinski definition) is 3. The molecule has 0 aliphatic rings. The molecule has 4 rings (SSSR count). The molecule has 1 amide bonds. The Bertz CT molecular complexity index is 1260. The first kappa shape index (κ1) is 22.0. The molecule has 1 aromatic heterocycles. The van der Waals surface area contributed by atoms with Gasteiger partial charge in [0.25, 0.3) is 5.91 Å². The molecule has 0 aliphatic heterocycles. The van der Waals surface area contributed by atoms with Gasteiger partial charge in [-0.05, 0) is 65.9 Å². The lowest BCUT2D eigenvalue weighted by atomic mass is 10.2. The highest BCUT2D eigenvalue weighted by molar-refractivity contribution is 7.99. The monoisotopic (exact) mass is 461 g/mol. The van der Waals surface area contributed by atoms with Gasteiger partial charge in [0, 0.05) is 20.9 Å². The number of nitrogens with one attached hydrogen (secondary N) is 2. The number of aromatic amines is 1. The van der Waals surface area contributed by atoms with Crippen molar-refractivity contribution in [2.75, 3.05) is 5.32 Å². The third kappa shape index (κ3) is 5.36. The van der Waals surface area contributed by atoms with E-state index in [-0.39, 0.29) is 5.91 Å². The molecule has 3 N–H and O–H groups in total. The van der Waals surface area contributed by atoms with Crippen LogP contribution >= 0.6 is 11.8 Å². The van der Waals surface area contributed by atoms with Gasteiger partial charge in [-0.15, -0.1) is 5.10 Å². The van der Waals surface area contributed by atoms with Crippen LogP contribution in [-0.4, -0.2) is 43.7 Å². The second-order valence-corrected chi connectivity index (χ2v) is 8.00. The molecule has 1 heterocycles. The summed E-state index contributed by atoms with van der Waals surface area (Å²) in [5, 5.41) is 25.9. The van der Waals surface area contributed by atoms with Gasteiger partial charge < -0.3 is 15.2 Å². The summed E-state index contributed by atoms with van der Waals surface area (Å²) in [6.45, 7) is 1.44. The zero-order chi connectivity index (χ0) is 23.2. The molecular formula is C23H19N5O4S. The second kappa shape index (κ2) is 9.96. The first-order chi connectivity index (χ1) is 16.0. The smallest absolute Gasteiger partial charge is 0.344 e. The van der Waals surface area contributed by atoms with E-state index >= 15 is 0 Å². The van der Waals surface area contributed by atoms with E-state index < -0.39 is 12.1 Å². The lowest BCUT2D eigenvalue weighted by Gasteiger charge is -2.13. The van der Waals surface area contributed by atoms with Crippen molar-refractivity contribution in [1.82, 2.24) is 20.6 Å². The topological polar surface area (TPSA) is 130 Å². The molecule has 0 aliphatic carbocycles. The lowest BCUT2D eigenvalue weighted by molar-refractivity contribution is -0.144. The van der Waals surface area contributed by atoms with Crippen LogP contribution in [0, 0.1) is 0 Å². The minimum atomic E-state index is -1.06. The van der Waals surface area contributed by atoms with Crippen molar-refractivity contribution in [2.45, 2.75) is 22.8 Å². The molecular weight excluding hydrogens is 442 g/mol. The molecule has 0 bridgehead atoms. The predicted molar refractivity (Wildman–Crippen MR) is 122 cm³/mol. The van der Waals surface area contributed by atoms with Crippen LogP contribution < -0.4 is 10.1 Å². The van der Waals surface area contributed by atoms with Gasteiger partial charge in [-0.1, -0.05) is 36.0 Å². The SMILES string of the molecule is CC(Oc1ccc(C(=O)Nc2ccccc2Sc2ccccc2-c2nnn[nH]2)cc1)C(=O)O. The number of tetrazole rings is 1. The van der Waals surface area contributed by atoms with E-state index in [9.17, 15) is 9.59 Å². The van der Waals surface area contributed by atoms with Gasteiger partial charge in [-0.2, -0.15) is 0 Å². The maximum atomic E-state index is 12.8. The number of ether oxygens (including phenoxy) is 1. The van der Waals surface area contributed by atoms with Crippen LogP contribution in [0.15, 0.2) is 82.6 Å². The largest absolute Gasteiger partial charge is 0.479 e. The molecule has 0 saturated carbocycles. The Morgan fingerprint density at radius 2 is 1.70 bits per heavy atom. The number of aliphatic carboxylic acids is 1. The van der Waals surface area contributed by atoms with Crippen LogP contribution in [-0.2, 0) is 4.79 Å². The summed E-state index contributed by atoms with van der Waals surface area (Å²) in [4.78, 5) is 25.5. The number of anilines is 1. The number of aromatic nitrogens is 4. The minimum absolute atomic E-state index is 0.298. The maximum Gasteiger partial charge on any atom is 0.344 e. The quantitative estimate of drug-likeness (QED) is 0.357. The Labute approximate surface area is 193 Å². The van der Waals surface area contributed by atoms with E-state index in [0.29, 0.717) is 22.8 Å². The molecule has 0 fully saturated rings. The van der Waals surface area contributed by atoms with E-state index in [4.69, 9.17) is 9.84 Å². The zero-order valence-corrected chi connectivity index (χ0v) is 18.2. The molecule has 1 atom stereocenters. The first-order valence-corrected chi connectivity index (χ1v) is 10.7. The van der Waals surface area contributed by atoms with Crippen molar-refractivity contribution in [3.8, 4) is 17.1 Å². The molecule has 0 spiro atoms. The number of hydrogen-bond acceptors (Lipinski definition) is 7. The summed E-state index contributed by atoms with van der Waals surface area (Å²) in [6, 6.07) is 21.5. The van der Waals surface area contributed by atoms with E-state index in [2.05, 4.69) is 25.9 Å². The van der Waals surface area contributed by atoms with Crippen molar-refractivity contribution in [3.05, 3.63) is 78.4 Å². The van der Waals surface area contributed by atoms with Gasteiger partial charge in [0.2, 0.25) is 0 Å². The number of amides is 1. The third-order valence-electron chi connectivity index (χ3n) is 4.62. The predicted octanol–water partition coefficient (Wildman–Crippen LogP) is 4.12. The molecule has 166 valence electrons. The molecule has 3 aromatic carbocycles. The van der Waals surface area contributed by atoms with Gasteiger partial charge >= 0.3 is 5.97 Å². The number of para-hydroxylation sites is 1. The average molecular weight is 462 g/mol. The Kier molecular flexibility index (Phi) is 6.65. The fourth-order valence-electron chi connectivity index (χ4n) is 2.94. The number of carboxylic acids is 1. The van der Waals surface area contributed by atoms with Crippen molar-refractivity contribution < 1.29 is 19.4 Å². The Morgan fingerprint density at radius 3 is 2.39 bits per heavy atom. The van der Waals surface area contributed by atoms with Crippen LogP contribution in [0.5, 0.6) is 5.75 Å². The van der Waals surface area contributed by atoms with E-state index in [1.54, 1.807) is 24.3 Å². The van der Waals surface area contributed by atoms with Gasteiger partial charge in [-0.25, -0.2) is 9.89 Å². The molecule has 0 saturated heterocycles. The Balaban J connectivity index is 1.51. The van der Waals surface area contributed by atoms with Gasteiger partial charge in [0.1, 0.15) is 5.75 Å².